The van der Waals surface area contributed by atoms with Crippen molar-refractivity contribution in [1.82, 2.24) is 10.2 Å². The lowest BCUT2D eigenvalue weighted by atomic mass is 9.85. The summed E-state index contributed by atoms with van der Waals surface area (Å²) < 4.78 is 0. The van der Waals surface area contributed by atoms with Crippen LogP contribution in [0.25, 0.3) is 0 Å². The number of rotatable bonds is 8. The minimum absolute atomic E-state index is 0.553. The topological polar surface area (TPSA) is 15.3 Å². The van der Waals surface area contributed by atoms with Crippen LogP contribution in [0, 0.1) is 5.41 Å². The van der Waals surface area contributed by atoms with Crippen molar-refractivity contribution in [3.63, 3.8) is 0 Å². The van der Waals surface area contributed by atoms with E-state index >= 15 is 0 Å². The molecular formula is C14H30N2S. The molecule has 17 heavy (non-hydrogen) atoms. The van der Waals surface area contributed by atoms with Crippen LogP contribution in [0.4, 0.5) is 0 Å². The quantitative estimate of drug-likeness (QED) is 0.721. The van der Waals surface area contributed by atoms with Crippen LogP contribution in [-0.2, 0) is 0 Å². The predicted molar refractivity (Wildman–Crippen MR) is 79.9 cm³/mol. The molecule has 1 saturated carbocycles. The Hall–Kier alpha value is 0.270. The van der Waals surface area contributed by atoms with E-state index in [1.165, 1.54) is 44.5 Å². The standard InChI is InChI=1S/C14H30N2S/c1-5-15-11-14(8-6-7-9-14)12-16(3)13(2)10-17-4/h13,15H,5-12H2,1-4H3. The van der Waals surface area contributed by atoms with E-state index < -0.39 is 0 Å². The smallest absolute Gasteiger partial charge is 0.0155 e. The summed E-state index contributed by atoms with van der Waals surface area (Å²) in [5, 5.41) is 3.58. The summed E-state index contributed by atoms with van der Waals surface area (Å²) in [4.78, 5) is 2.57. The van der Waals surface area contributed by atoms with E-state index in [9.17, 15) is 0 Å². The van der Waals surface area contributed by atoms with Crippen LogP contribution in [0.5, 0.6) is 0 Å². The predicted octanol–water partition coefficient (Wildman–Crippen LogP) is 2.84. The normalized spacial score (nSPS) is 21.0. The Balaban J connectivity index is 2.48. The fourth-order valence-corrected chi connectivity index (χ4v) is 3.70. The highest BCUT2D eigenvalue weighted by Crippen LogP contribution is 2.38. The number of nitrogens with zero attached hydrogens (tertiary/aromatic N) is 1. The summed E-state index contributed by atoms with van der Waals surface area (Å²) >= 11 is 1.96. The van der Waals surface area contributed by atoms with Crippen LogP contribution in [0.2, 0.25) is 0 Å². The highest BCUT2D eigenvalue weighted by atomic mass is 32.2. The van der Waals surface area contributed by atoms with Crippen LogP contribution in [0.3, 0.4) is 0 Å². The second-order valence-electron chi connectivity index (χ2n) is 5.71. The van der Waals surface area contributed by atoms with E-state index in [1.807, 2.05) is 11.8 Å². The van der Waals surface area contributed by atoms with E-state index in [-0.39, 0.29) is 0 Å². The van der Waals surface area contributed by atoms with Gasteiger partial charge in [-0.15, -0.1) is 0 Å². The van der Waals surface area contributed by atoms with E-state index in [2.05, 4.69) is 37.4 Å². The first-order valence-electron chi connectivity index (χ1n) is 7.03. The average molecular weight is 258 g/mol. The first kappa shape index (κ1) is 15.3. The summed E-state index contributed by atoms with van der Waals surface area (Å²) in [7, 11) is 2.30. The molecule has 1 fully saturated rings. The summed E-state index contributed by atoms with van der Waals surface area (Å²) in [6.07, 6.45) is 7.88. The Morgan fingerprint density at radius 3 is 2.53 bits per heavy atom. The van der Waals surface area contributed by atoms with Gasteiger partial charge in [0.2, 0.25) is 0 Å². The molecule has 0 saturated heterocycles. The van der Waals surface area contributed by atoms with Crippen molar-refractivity contribution in [2.45, 2.75) is 45.6 Å². The number of hydrogen-bond acceptors (Lipinski definition) is 3. The minimum atomic E-state index is 0.553. The Bertz CT molecular complexity index is 202. The SMILES string of the molecule is CCNCC1(CN(C)C(C)CSC)CCCC1. The maximum absolute atomic E-state index is 3.58. The molecule has 1 aliphatic carbocycles. The molecule has 3 heteroatoms. The number of nitrogens with one attached hydrogen (secondary N) is 1. The van der Waals surface area contributed by atoms with E-state index in [0.29, 0.717) is 11.5 Å². The molecule has 0 spiro atoms. The zero-order chi connectivity index (χ0) is 12.7. The Labute approximate surface area is 112 Å². The average Bonchev–Trinajstić information content (AvgIpc) is 2.76. The van der Waals surface area contributed by atoms with Crippen molar-refractivity contribution in [2.75, 3.05) is 38.7 Å². The summed E-state index contributed by atoms with van der Waals surface area (Å²) in [6, 6.07) is 0.698. The van der Waals surface area contributed by atoms with Gasteiger partial charge in [-0.25, -0.2) is 0 Å². The molecule has 102 valence electrons. The third-order valence-corrected chi connectivity index (χ3v) is 4.98. The van der Waals surface area contributed by atoms with Crippen molar-refractivity contribution in [2.24, 2.45) is 5.41 Å². The van der Waals surface area contributed by atoms with Gasteiger partial charge in [0.05, 0.1) is 0 Å². The van der Waals surface area contributed by atoms with Crippen molar-refractivity contribution < 1.29 is 0 Å². The molecule has 1 unspecified atom stereocenters. The van der Waals surface area contributed by atoms with Crippen LogP contribution in [0.15, 0.2) is 0 Å². The fraction of sp³-hybridized carbons (Fsp3) is 1.00. The molecule has 0 aliphatic heterocycles. The maximum Gasteiger partial charge on any atom is 0.0155 e. The van der Waals surface area contributed by atoms with E-state index in [1.54, 1.807) is 0 Å². The molecule has 1 atom stereocenters. The molecule has 0 aromatic heterocycles. The van der Waals surface area contributed by atoms with Gasteiger partial charge in [-0.05, 0) is 45.0 Å². The van der Waals surface area contributed by atoms with Crippen LogP contribution >= 0.6 is 11.8 Å². The summed E-state index contributed by atoms with van der Waals surface area (Å²) in [5.41, 5.74) is 0.553. The molecule has 0 bridgehead atoms. The van der Waals surface area contributed by atoms with Gasteiger partial charge in [-0.1, -0.05) is 19.8 Å². The molecule has 0 amide bonds. The first-order valence-corrected chi connectivity index (χ1v) is 8.43. The van der Waals surface area contributed by atoms with Gasteiger partial charge < -0.3 is 10.2 Å². The third-order valence-electron chi connectivity index (χ3n) is 4.16. The summed E-state index contributed by atoms with van der Waals surface area (Å²) in [6.45, 7) is 8.14. The van der Waals surface area contributed by atoms with Crippen molar-refractivity contribution >= 4 is 11.8 Å². The van der Waals surface area contributed by atoms with Gasteiger partial charge in [0.1, 0.15) is 0 Å². The number of hydrogen-bond donors (Lipinski definition) is 1. The van der Waals surface area contributed by atoms with Gasteiger partial charge >= 0.3 is 0 Å². The van der Waals surface area contributed by atoms with Crippen molar-refractivity contribution in [1.29, 1.82) is 0 Å². The molecule has 0 aromatic rings. The highest BCUT2D eigenvalue weighted by Gasteiger charge is 2.35. The molecule has 2 nitrogen and oxygen atoms in total. The molecule has 0 radical (unpaired) electrons. The molecule has 1 N–H and O–H groups in total. The molecule has 0 heterocycles. The Morgan fingerprint density at radius 2 is 2.00 bits per heavy atom. The van der Waals surface area contributed by atoms with E-state index in [0.717, 1.165) is 6.54 Å². The second-order valence-corrected chi connectivity index (χ2v) is 6.62. The maximum atomic E-state index is 3.58. The first-order chi connectivity index (χ1) is 8.13. The van der Waals surface area contributed by atoms with Gasteiger partial charge in [-0.2, -0.15) is 11.8 Å². The van der Waals surface area contributed by atoms with Crippen LogP contribution < -0.4 is 5.32 Å². The molecular weight excluding hydrogens is 228 g/mol. The van der Waals surface area contributed by atoms with Crippen LogP contribution in [-0.4, -0.2) is 49.6 Å². The largest absolute Gasteiger partial charge is 0.316 e. The monoisotopic (exact) mass is 258 g/mol. The Kier molecular flexibility index (Phi) is 6.90. The lowest BCUT2D eigenvalue weighted by Crippen LogP contribution is -2.44. The number of thioether (sulfide) groups is 1. The third kappa shape index (κ3) is 4.80. The van der Waals surface area contributed by atoms with Gasteiger partial charge in [0.25, 0.3) is 0 Å². The van der Waals surface area contributed by atoms with E-state index in [4.69, 9.17) is 0 Å². The fourth-order valence-electron chi connectivity index (χ4n) is 2.96. The molecule has 0 aromatic carbocycles. The van der Waals surface area contributed by atoms with Crippen molar-refractivity contribution in [3.8, 4) is 0 Å². The van der Waals surface area contributed by atoms with Gasteiger partial charge in [0, 0.05) is 24.9 Å². The van der Waals surface area contributed by atoms with Gasteiger partial charge in [-0.3, -0.25) is 0 Å². The van der Waals surface area contributed by atoms with Gasteiger partial charge in [0.15, 0.2) is 0 Å². The lowest BCUT2D eigenvalue weighted by molar-refractivity contribution is 0.150. The summed E-state index contributed by atoms with van der Waals surface area (Å²) in [5.74, 6) is 1.24. The minimum Gasteiger partial charge on any atom is -0.316 e. The highest BCUT2D eigenvalue weighted by molar-refractivity contribution is 7.98. The Morgan fingerprint density at radius 1 is 1.35 bits per heavy atom. The molecule has 1 aliphatic rings. The lowest BCUT2D eigenvalue weighted by Gasteiger charge is -2.36. The zero-order valence-electron chi connectivity index (χ0n) is 12.1. The van der Waals surface area contributed by atoms with Crippen LogP contribution in [0.1, 0.15) is 39.5 Å². The van der Waals surface area contributed by atoms with Crippen molar-refractivity contribution in [3.05, 3.63) is 0 Å². The molecule has 1 rings (SSSR count). The zero-order valence-corrected chi connectivity index (χ0v) is 12.9. The second kappa shape index (κ2) is 7.65.